The molecule has 0 saturated carbocycles. The molecule has 5 nitrogen and oxygen atoms in total. The summed E-state index contributed by atoms with van der Waals surface area (Å²) in [7, 11) is 0. The highest BCUT2D eigenvalue weighted by atomic mass is 15.3. The van der Waals surface area contributed by atoms with E-state index in [-0.39, 0.29) is 0 Å². The van der Waals surface area contributed by atoms with Crippen molar-refractivity contribution in [1.29, 1.82) is 0 Å². The molecule has 0 aliphatic heterocycles. The number of hydrogen-bond donors (Lipinski definition) is 2. The van der Waals surface area contributed by atoms with Gasteiger partial charge in [0.05, 0.1) is 17.9 Å². The molecule has 0 aliphatic carbocycles. The highest BCUT2D eigenvalue weighted by molar-refractivity contribution is 5.66. The Morgan fingerprint density at radius 1 is 1.41 bits per heavy atom. The number of anilines is 2. The van der Waals surface area contributed by atoms with Gasteiger partial charge in [0.1, 0.15) is 6.33 Å². The minimum absolute atomic E-state index is 0.626. The van der Waals surface area contributed by atoms with Gasteiger partial charge >= 0.3 is 0 Å². The van der Waals surface area contributed by atoms with Crippen molar-refractivity contribution < 1.29 is 0 Å². The molecule has 2 aromatic rings. The van der Waals surface area contributed by atoms with E-state index in [0.717, 1.165) is 29.3 Å². The number of rotatable bonds is 4. The van der Waals surface area contributed by atoms with Gasteiger partial charge in [-0.2, -0.15) is 0 Å². The van der Waals surface area contributed by atoms with Crippen molar-refractivity contribution in [3.63, 3.8) is 0 Å². The van der Waals surface area contributed by atoms with Crippen molar-refractivity contribution in [3.05, 3.63) is 35.9 Å². The number of nitrogens with zero attached hydrogens (tertiary/aromatic N) is 3. The average Bonchev–Trinajstić information content (AvgIpc) is 2.75. The molecular weight excluding hydrogens is 214 g/mol. The largest absolute Gasteiger partial charge is 0.397 e. The predicted molar refractivity (Wildman–Crippen MR) is 68.6 cm³/mol. The summed E-state index contributed by atoms with van der Waals surface area (Å²) < 4.78 is 2.00. The zero-order chi connectivity index (χ0) is 12.3. The van der Waals surface area contributed by atoms with Crippen molar-refractivity contribution >= 4 is 11.4 Å². The van der Waals surface area contributed by atoms with E-state index >= 15 is 0 Å². The van der Waals surface area contributed by atoms with Crippen LogP contribution in [0.3, 0.4) is 0 Å². The van der Waals surface area contributed by atoms with Crippen LogP contribution in [0.25, 0.3) is 0 Å². The Morgan fingerprint density at radius 3 is 2.94 bits per heavy atom. The normalized spacial score (nSPS) is 10.5. The molecule has 0 atom stereocenters. The van der Waals surface area contributed by atoms with Crippen molar-refractivity contribution in [2.75, 3.05) is 11.1 Å². The van der Waals surface area contributed by atoms with Crippen molar-refractivity contribution in [2.24, 2.45) is 0 Å². The molecule has 0 spiro atoms. The standard InChI is InChI=1S/C12H17N5/c1-3-17-8-15-16-12(17)7-14-11-5-4-9(2)6-10(11)13/h4-6,8,14H,3,7,13H2,1-2H3. The molecule has 90 valence electrons. The van der Waals surface area contributed by atoms with E-state index in [2.05, 4.69) is 22.4 Å². The first-order chi connectivity index (χ1) is 8.20. The van der Waals surface area contributed by atoms with Crippen molar-refractivity contribution in [3.8, 4) is 0 Å². The molecule has 0 fully saturated rings. The third-order valence-electron chi connectivity index (χ3n) is 2.68. The summed E-state index contributed by atoms with van der Waals surface area (Å²) in [5.74, 6) is 0.910. The van der Waals surface area contributed by atoms with Crippen LogP contribution in [0.5, 0.6) is 0 Å². The Balaban J connectivity index is 2.07. The number of nitrogens with two attached hydrogens (primary N) is 1. The molecule has 0 unspecified atom stereocenters. The van der Waals surface area contributed by atoms with Crippen LogP contribution in [0.2, 0.25) is 0 Å². The highest BCUT2D eigenvalue weighted by Crippen LogP contribution is 2.19. The fraction of sp³-hybridized carbons (Fsp3) is 0.333. The number of nitrogens with one attached hydrogen (secondary N) is 1. The van der Waals surface area contributed by atoms with Gasteiger partial charge in [0, 0.05) is 6.54 Å². The van der Waals surface area contributed by atoms with E-state index in [1.807, 2.05) is 29.7 Å². The third kappa shape index (κ3) is 2.55. The molecule has 1 aromatic carbocycles. The molecule has 17 heavy (non-hydrogen) atoms. The van der Waals surface area contributed by atoms with Gasteiger partial charge in [-0.15, -0.1) is 10.2 Å². The van der Waals surface area contributed by atoms with Gasteiger partial charge in [0.25, 0.3) is 0 Å². The topological polar surface area (TPSA) is 68.8 Å². The maximum absolute atomic E-state index is 5.93. The Bertz CT molecular complexity index is 503. The van der Waals surface area contributed by atoms with Gasteiger partial charge in [0.2, 0.25) is 0 Å². The number of hydrogen-bond acceptors (Lipinski definition) is 4. The summed E-state index contributed by atoms with van der Waals surface area (Å²) in [6, 6.07) is 5.97. The van der Waals surface area contributed by atoms with Crippen LogP contribution in [0.4, 0.5) is 11.4 Å². The first-order valence-corrected chi connectivity index (χ1v) is 5.67. The second-order valence-electron chi connectivity index (χ2n) is 3.98. The van der Waals surface area contributed by atoms with E-state index in [0.29, 0.717) is 6.54 Å². The first kappa shape index (κ1) is 11.4. The van der Waals surface area contributed by atoms with Crippen LogP contribution in [-0.4, -0.2) is 14.8 Å². The van der Waals surface area contributed by atoms with Gasteiger partial charge < -0.3 is 15.6 Å². The van der Waals surface area contributed by atoms with Gasteiger partial charge in [-0.05, 0) is 31.5 Å². The molecule has 1 heterocycles. The smallest absolute Gasteiger partial charge is 0.152 e. The van der Waals surface area contributed by atoms with E-state index in [4.69, 9.17) is 5.73 Å². The summed E-state index contributed by atoms with van der Waals surface area (Å²) >= 11 is 0. The zero-order valence-electron chi connectivity index (χ0n) is 10.1. The number of benzene rings is 1. The quantitative estimate of drug-likeness (QED) is 0.787. The fourth-order valence-electron chi connectivity index (χ4n) is 1.70. The highest BCUT2D eigenvalue weighted by Gasteiger charge is 2.03. The van der Waals surface area contributed by atoms with Crippen molar-refractivity contribution in [1.82, 2.24) is 14.8 Å². The molecule has 3 N–H and O–H groups in total. The maximum Gasteiger partial charge on any atom is 0.152 e. The lowest BCUT2D eigenvalue weighted by atomic mass is 10.2. The van der Waals surface area contributed by atoms with Crippen molar-refractivity contribution in [2.45, 2.75) is 26.9 Å². The zero-order valence-corrected chi connectivity index (χ0v) is 10.1. The molecule has 0 saturated heterocycles. The van der Waals surface area contributed by atoms with Crippen LogP contribution >= 0.6 is 0 Å². The Hall–Kier alpha value is -2.04. The third-order valence-corrected chi connectivity index (χ3v) is 2.68. The number of nitrogen functional groups attached to an aromatic ring is 1. The van der Waals surface area contributed by atoms with Gasteiger partial charge in [0.15, 0.2) is 5.82 Å². The van der Waals surface area contributed by atoms with Crippen LogP contribution in [0.15, 0.2) is 24.5 Å². The maximum atomic E-state index is 5.93. The van der Waals surface area contributed by atoms with Crippen LogP contribution in [-0.2, 0) is 13.1 Å². The number of aromatic nitrogens is 3. The number of aryl methyl sites for hydroxylation is 2. The van der Waals surface area contributed by atoms with Gasteiger partial charge in [-0.1, -0.05) is 6.07 Å². The van der Waals surface area contributed by atoms with E-state index < -0.39 is 0 Å². The van der Waals surface area contributed by atoms with E-state index in [9.17, 15) is 0 Å². The second-order valence-corrected chi connectivity index (χ2v) is 3.98. The SMILES string of the molecule is CCn1cnnc1CNc1ccc(C)cc1N. The lowest BCUT2D eigenvalue weighted by Gasteiger charge is -2.10. The molecule has 0 radical (unpaired) electrons. The van der Waals surface area contributed by atoms with Crippen LogP contribution < -0.4 is 11.1 Å². The lowest BCUT2D eigenvalue weighted by Crippen LogP contribution is -2.08. The van der Waals surface area contributed by atoms with Gasteiger partial charge in [-0.3, -0.25) is 0 Å². The first-order valence-electron chi connectivity index (χ1n) is 5.67. The molecule has 0 amide bonds. The summed E-state index contributed by atoms with van der Waals surface area (Å²) in [4.78, 5) is 0. The average molecular weight is 231 g/mol. The monoisotopic (exact) mass is 231 g/mol. The molecule has 0 bridgehead atoms. The molecular formula is C12H17N5. The lowest BCUT2D eigenvalue weighted by molar-refractivity contribution is 0.708. The van der Waals surface area contributed by atoms with E-state index in [1.54, 1.807) is 6.33 Å². The summed E-state index contributed by atoms with van der Waals surface area (Å²) in [5.41, 5.74) is 8.77. The Morgan fingerprint density at radius 2 is 2.24 bits per heavy atom. The van der Waals surface area contributed by atoms with Crippen LogP contribution in [0, 0.1) is 6.92 Å². The van der Waals surface area contributed by atoms with Gasteiger partial charge in [-0.25, -0.2) is 0 Å². The summed E-state index contributed by atoms with van der Waals surface area (Å²) in [6.45, 7) is 5.58. The molecule has 1 aromatic heterocycles. The molecule has 5 heteroatoms. The summed E-state index contributed by atoms with van der Waals surface area (Å²) in [5, 5.41) is 11.2. The Kier molecular flexibility index (Phi) is 3.27. The minimum Gasteiger partial charge on any atom is -0.397 e. The minimum atomic E-state index is 0.626. The van der Waals surface area contributed by atoms with Crippen LogP contribution in [0.1, 0.15) is 18.3 Å². The molecule has 0 aliphatic rings. The fourth-order valence-corrected chi connectivity index (χ4v) is 1.70. The molecule has 2 rings (SSSR count). The predicted octanol–water partition coefficient (Wildman–Crippen LogP) is 1.80. The second kappa shape index (κ2) is 4.86. The summed E-state index contributed by atoms with van der Waals surface area (Å²) in [6.07, 6.45) is 1.73. The Labute approximate surface area is 101 Å². The van der Waals surface area contributed by atoms with E-state index in [1.165, 1.54) is 0 Å².